The summed E-state index contributed by atoms with van der Waals surface area (Å²) in [6.07, 6.45) is 2.29. The average molecular weight is 238 g/mol. The summed E-state index contributed by atoms with van der Waals surface area (Å²) in [7, 11) is 0. The van der Waals surface area contributed by atoms with Crippen LogP contribution in [0.5, 0.6) is 5.75 Å². The number of hydrogen-bond acceptors (Lipinski definition) is 4. The zero-order chi connectivity index (χ0) is 12.8. The molecule has 0 aliphatic heterocycles. The van der Waals surface area contributed by atoms with E-state index in [0.717, 1.165) is 0 Å². The Morgan fingerprint density at radius 3 is 2.71 bits per heavy atom. The second-order valence-electron chi connectivity index (χ2n) is 3.52. The molecule has 0 aliphatic rings. The lowest BCUT2D eigenvalue weighted by atomic mass is 10.3. The number of aliphatic carboxylic acids is 1. The van der Waals surface area contributed by atoms with Crippen LogP contribution in [0.15, 0.2) is 24.5 Å². The second-order valence-corrected chi connectivity index (χ2v) is 3.52. The van der Waals surface area contributed by atoms with Crippen LogP contribution in [0.2, 0.25) is 0 Å². The molecule has 0 aromatic carbocycles. The number of carboxylic acid groups (broad SMARTS) is 1. The molecule has 2 atom stereocenters. The number of nitrogens with zero attached hydrogens (tertiary/aromatic N) is 1. The molecule has 1 unspecified atom stereocenters. The van der Waals surface area contributed by atoms with Crippen LogP contribution in [0.1, 0.15) is 13.8 Å². The minimum atomic E-state index is -1.09. The largest absolute Gasteiger partial charge is 0.480 e. The highest BCUT2D eigenvalue weighted by molar-refractivity contribution is 5.85. The van der Waals surface area contributed by atoms with Gasteiger partial charge >= 0.3 is 5.97 Å². The lowest BCUT2D eigenvalue weighted by Gasteiger charge is -2.16. The first kappa shape index (κ1) is 13.0. The molecule has 0 saturated heterocycles. The summed E-state index contributed by atoms with van der Waals surface area (Å²) in [4.78, 5) is 25.9. The van der Waals surface area contributed by atoms with Crippen LogP contribution in [0, 0.1) is 0 Å². The molecular formula is C11H14N2O4. The van der Waals surface area contributed by atoms with Gasteiger partial charge in [-0.1, -0.05) is 0 Å². The monoisotopic (exact) mass is 238 g/mol. The molecule has 1 heterocycles. The number of carbonyl (C=O) groups is 2. The number of ether oxygens (including phenoxy) is 1. The van der Waals surface area contributed by atoms with E-state index in [1.165, 1.54) is 20.0 Å². The molecule has 6 heteroatoms. The number of rotatable bonds is 5. The molecule has 17 heavy (non-hydrogen) atoms. The van der Waals surface area contributed by atoms with Gasteiger partial charge in [0, 0.05) is 6.20 Å². The summed E-state index contributed by atoms with van der Waals surface area (Å²) in [5.74, 6) is -1.12. The first-order valence-corrected chi connectivity index (χ1v) is 5.10. The van der Waals surface area contributed by atoms with Gasteiger partial charge in [0.15, 0.2) is 6.10 Å². The second kappa shape index (κ2) is 5.83. The van der Waals surface area contributed by atoms with E-state index in [2.05, 4.69) is 10.3 Å². The Balaban J connectivity index is 2.50. The summed E-state index contributed by atoms with van der Waals surface area (Å²) in [6.45, 7) is 2.92. The van der Waals surface area contributed by atoms with Crippen molar-refractivity contribution in [3.63, 3.8) is 0 Å². The van der Waals surface area contributed by atoms with Crippen LogP contribution in [0.4, 0.5) is 0 Å². The molecule has 0 aliphatic carbocycles. The Hall–Kier alpha value is -2.11. The van der Waals surface area contributed by atoms with Gasteiger partial charge in [-0.2, -0.15) is 0 Å². The Labute approximate surface area is 98.6 Å². The molecule has 92 valence electrons. The number of nitrogens with one attached hydrogen (secondary N) is 1. The molecule has 1 aromatic rings. The minimum Gasteiger partial charge on any atom is -0.480 e. The number of pyridine rings is 1. The van der Waals surface area contributed by atoms with Crippen molar-refractivity contribution in [3.8, 4) is 5.75 Å². The van der Waals surface area contributed by atoms with E-state index >= 15 is 0 Å². The maximum atomic E-state index is 11.5. The number of carbonyl (C=O) groups excluding carboxylic acids is 1. The first-order chi connectivity index (χ1) is 8.00. The maximum absolute atomic E-state index is 11.5. The topological polar surface area (TPSA) is 88.5 Å². The molecule has 0 spiro atoms. The summed E-state index contributed by atoms with van der Waals surface area (Å²) < 4.78 is 5.29. The van der Waals surface area contributed by atoms with E-state index in [0.29, 0.717) is 5.75 Å². The highest BCUT2D eigenvalue weighted by Crippen LogP contribution is 2.08. The summed E-state index contributed by atoms with van der Waals surface area (Å²) in [6, 6.07) is 2.40. The number of carboxylic acids is 1. The van der Waals surface area contributed by atoms with Gasteiger partial charge in [0.25, 0.3) is 5.91 Å². The molecule has 6 nitrogen and oxygen atoms in total. The fourth-order valence-corrected chi connectivity index (χ4v) is 1.07. The fourth-order valence-electron chi connectivity index (χ4n) is 1.07. The van der Waals surface area contributed by atoms with Gasteiger partial charge < -0.3 is 15.2 Å². The third kappa shape index (κ3) is 4.10. The van der Waals surface area contributed by atoms with Crippen LogP contribution in [0.3, 0.4) is 0 Å². The predicted molar refractivity (Wildman–Crippen MR) is 59.6 cm³/mol. The van der Waals surface area contributed by atoms with Gasteiger partial charge in [-0.15, -0.1) is 0 Å². The smallest absolute Gasteiger partial charge is 0.325 e. The fraction of sp³-hybridized carbons (Fsp3) is 0.364. The van der Waals surface area contributed by atoms with E-state index in [-0.39, 0.29) is 0 Å². The molecular weight excluding hydrogens is 224 g/mol. The van der Waals surface area contributed by atoms with Crippen molar-refractivity contribution in [2.24, 2.45) is 0 Å². The van der Waals surface area contributed by atoms with Crippen molar-refractivity contribution < 1.29 is 19.4 Å². The maximum Gasteiger partial charge on any atom is 0.325 e. The highest BCUT2D eigenvalue weighted by Gasteiger charge is 2.20. The molecule has 0 radical (unpaired) electrons. The van der Waals surface area contributed by atoms with Crippen LogP contribution in [-0.2, 0) is 9.59 Å². The Bertz CT molecular complexity index is 394. The van der Waals surface area contributed by atoms with Crippen LogP contribution >= 0.6 is 0 Å². The summed E-state index contributed by atoms with van der Waals surface area (Å²) in [5.41, 5.74) is 0. The Kier molecular flexibility index (Phi) is 4.45. The van der Waals surface area contributed by atoms with E-state index in [4.69, 9.17) is 9.84 Å². The van der Waals surface area contributed by atoms with Gasteiger partial charge in [-0.3, -0.25) is 14.6 Å². The standard InChI is InChI=1S/C11H14N2O4/c1-7(11(15)16)13-10(14)8(2)17-9-4-3-5-12-6-9/h3-8H,1-2H3,(H,13,14)(H,15,16)/t7-,8?/m1/s1. The lowest BCUT2D eigenvalue weighted by molar-refractivity contribution is -0.142. The van der Waals surface area contributed by atoms with Gasteiger partial charge in [0.1, 0.15) is 11.8 Å². The van der Waals surface area contributed by atoms with Crippen molar-refractivity contribution in [2.75, 3.05) is 0 Å². The highest BCUT2D eigenvalue weighted by atomic mass is 16.5. The van der Waals surface area contributed by atoms with E-state index in [1.807, 2.05) is 0 Å². The summed E-state index contributed by atoms with van der Waals surface area (Å²) >= 11 is 0. The van der Waals surface area contributed by atoms with Gasteiger partial charge in [0.05, 0.1) is 6.20 Å². The van der Waals surface area contributed by atoms with Crippen molar-refractivity contribution in [1.82, 2.24) is 10.3 Å². The van der Waals surface area contributed by atoms with Crippen LogP contribution < -0.4 is 10.1 Å². The normalized spacial score (nSPS) is 13.5. The summed E-state index contributed by atoms with van der Waals surface area (Å²) in [5, 5.41) is 11.0. The van der Waals surface area contributed by atoms with Gasteiger partial charge in [0.2, 0.25) is 0 Å². The lowest BCUT2D eigenvalue weighted by Crippen LogP contribution is -2.44. The quantitative estimate of drug-likeness (QED) is 0.777. The van der Waals surface area contributed by atoms with Crippen LogP contribution in [0.25, 0.3) is 0 Å². The SMILES string of the molecule is CC(Oc1cccnc1)C(=O)N[C@H](C)C(=O)O. The van der Waals surface area contributed by atoms with Crippen molar-refractivity contribution in [2.45, 2.75) is 26.0 Å². The van der Waals surface area contributed by atoms with Gasteiger partial charge in [-0.05, 0) is 26.0 Å². The van der Waals surface area contributed by atoms with Crippen molar-refractivity contribution in [1.29, 1.82) is 0 Å². The zero-order valence-electron chi connectivity index (χ0n) is 9.58. The molecule has 0 fully saturated rings. The Morgan fingerprint density at radius 2 is 2.18 bits per heavy atom. The van der Waals surface area contributed by atoms with Gasteiger partial charge in [-0.25, -0.2) is 0 Å². The number of aromatic nitrogens is 1. The number of hydrogen-bond donors (Lipinski definition) is 2. The minimum absolute atomic E-state index is 0.457. The third-order valence-corrected chi connectivity index (χ3v) is 2.05. The molecule has 0 saturated carbocycles. The van der Waals surface area contributed by atoms with E-state index < -0.39 is 24.0 Å². The van der Waals surface area contributed by atoms with E-state index in [9.17, 15) is 9.59 Å². The Morgan fingerprint density at radius 1 is 1.47 bits per heavy atom. The van der Waals surface area contributed by atoms with Crippen LogP contribution in [-0.4, -0.2) is 34.1 Å². The molecule has 2 N–H and O–H groups in total. The molecule has 1 amide bonds. The molecule has 1 aromatic heterocycles. The number of amides is 1. The van der Waals surface area contributed by atoms with Crippen molar-refractivity contribution in [3.05, 3.63) is 24.5 Å². The molecule has 1 rings (SSSR count). The average Bonchev–Trinajstić information content (AvgIpc) is 2.29. The molecule has 0 bridgehead atoms. The van der Waals surface area contributed by atoms with Crippen molar-refractivity contribution >= 4 is 11.9 Å². The van der Waals surface area contributed by atoms with E-state index in [1.54, 1.807) is 18.3 Å². The zero-order valence-corrected chi connectivity index (χ0v) is 9.58. The third-order valence-electron chi connectivity index (χ3n) is 2.05. The predicted octanol–water partition coefficient (Wildman–Crippen LogP) is 0.438. The first-order valence-electron chi connectivity index (χ1n) is 5.10.